The summed E-state index contributed by atoms with van der Waals surface area (Å²) in [6.07, 6.45) is 0. The summed E-state index contributed by atoms with van der Waals surface area (Å²) in [5.74, 6) is 0.185. The standard InChI is InChI=1S/C12H11Cl3N2O2/c1-6(13)12-16-9-3-7(14)8(15)4-10(9)17(12)5-11(18)19-2/h3-4,6H,5H2,1-2H3. The lowest BCUT2D eigenvalue weighted by molar-refractivity contribution is -0.141. The highest BCUT2D eigenvalue weighted by atomic mass is 35.5. The maximum atomic E-state index is 11.5. The van der Waals surface area contributed by atoms with Crippen LogP contribution in [0.4, 0.5) is 0 Å². The van der Waals surface area contributed by atoms with Gasteiger partial charge in [0.25, 0.3) is 0 Å². The van der Waals surface area contributed by atoms with Crippen LogP contribution in [0.3, 0.4) is 0 Å². The summed E-state index contributed by atoms with van der Waals surface area (Å²) in [5.41, 5.74) is 1.34. The highest BCUT2D eigenvalue weighted by Gasteiger charge is 2.18. The average molecular weight is 322 g/mol. The van der Waals surface area contributed by atoms with Gasteiger partial charge in [-0.2, -0.15) is 0 Å². The normalized spacial score (nSPS) is 12.7. The molecule has 0 fully saturated rings. The maximum Gasteiger partial charge on any atom is 0.325 e. The minimum Gasteiger partial charge on any atom is -0.468 e. The zero-order valence-corrected chi connectivity index (χ0v) is 12.6. The monoisotopic (exact) mass is 320 g/mol. The van der Waals surface area contributed by atoms with Crippen molar-refractivity contribution in [2.45, 2.75) is 18.8 Å². The van der Waals surface area contributed by atoms with E-state index in [0.717, 1.165) is 0 Å². The Balaban J connectivity index is 2.65. The first-order valence-electron chi connectivity index (χ1n) is 5.50. The summed E-state index contributed by atoms with van der Waals surface area (Å²) in [7, 11) is 1.33. The molecule has 0 aliphatic rings. The first-order valence-corrected chi connectivity index (χ1v) is 6.69. The quantitative estimate of drug-likeness (QED) is 0.637. The highest BCUT2D eigenvalue weighted by molar-refractivity contribution is 6.42. The fourth-order valence-electron chi connectivity index (χ4n) is 1.80. The number of rotatable bonds is 3. The van der Waals surface area contributed by atoms with E-state index >= 15 is 0 Å². The van der Waals surface area contributed by atoms with E-state index in [2.05, 4.69) is 9.72 Å². The van der Waals surface area contributed by atoms with Gasteiger partial charge in [-0.1, -0.05) is 23.2 Å². The first kappa shape index (κ1) is 14.4. The van der Waals surface area contributed by atoms with E-state index in [-0.39, 0.29) is 17.9 Å². The van der Waals surface area contributed by atoms with Crippen molar-refractivity contribution in [1.82, 2.24) is 9.55 Å². The van der Waals surface area contributed by atoms with Gasteiger partial charge in [-0.05, 0) is 19.1 Å². The second-order valence-corrected chi connectivity index (χ2v) is 5.47. The molecule has 0 N–H and O–H groups in total. The summed E-state index contributed by atoms with van der Waals surface area (Å²) >= 11 is 18.0. The Hall–Kier alpha value is -0.970. The highest BCUT2D eigenvalue weighted by Crippen LogP contribution is 2.31. The average Bonchev–Trinajstić information content (AvgIpc) is 2.68. The molecule has 0 saturated carbocycles. The second kappa shape index (κ2) is 5.57. The molecule has 1 aromatic heterocycles. The molecule has 102 valence electrons. The number of alkyl halides is 1. The minimum absolute atomic E-state index is 0.0252. The van der Waals surface area contributed by atoms with Crippen molar-refractivity contribution in [2.75, 3.05) is 7.11 Å². The lowest BCUT2D eigenvalue weighted by atomic mass is 10.3. The molecule has 1 aromatic carbocycles. The predicted octanol–water partition coefficient (Wildman–Crippen LogP) is 3.82. The molecule has 1 atom stereocenters. The van der Waals surface area contributed by atoms with Crippen LogP contribution in [0, 0.1) is 0 Å². The fourth-order valence-corrected chi connectivity index (χ4v) is 2.28. The van der Waals surface area contributed by atoms with Gasteiger partial charge in [0.05, 0.1) is 33.6 Å². The molecule has 7 heteroatoms. The van der Waals surface area contributed by atoms with Crippen molar-refractivity contribution in [1.29, 1.82) is 0 Å². The van der Waals surface area contributed by atoms with Gasteiger partial charge in [-0.3, -0.25) is 4.79 Å². The Morgan fingerprint density at radius 3 is 2.63 bits per heavy atom. The number of halogens is 3. The van der Waals surface area contributed by atoms with Gasteiger partial charge in [0.1, 0.15) is 12.4 Å². The first-order chi connectivity index (χ1) is 8.93. The molecule has 4 nitrogen and oxygen atoms in total. The SMILES string of the molecule is COC(=O)Cn1c(C(C)Cl)nc2cc(Cl)c(Cl)cc21. The van der Waals surface area contributed by atoms with Gasteiger partial charge in [-0.25, -0.2) is 4.98 Å². The second-order valence-electron chi connectivity index (χ2n) is 4.00. The number of imidazole rings is 1. The van der Waals surface area contributed by atoms with Gasteiger partial charge < -0.3 is 9.30 Å². The summed E-state index contributed by atoms with van der Waals surface area (Å²) in [6, 6.07) is 3.31. The van der Waals surface area contributed by atoms with E-state index in [1.165, 1.54) is 7.11 Å². The van der Waals surface area contributed by atoms with Gasteiger partial charge in [0.15, 0.2) is 0 Å². The Morgan fingerprint density at radius 2 is 2.05 bits per heavy atom. The lowest BCUT2D eigenvalue weighted by Crippen LogP contribution is -2.14. The molecule has 0 spiro atoms. The number of ether oxygens (including phenoxy) is 1. The zero-order valence-electron chi connectivity index (χ0n) is 10.3. The van der Waals surface area contributed by atoms with E-state index in [4.69, 9.17) is 34.8 Å². The Labute approximate surface area is 125 Å². The number of nitrogens with zero attached hydrogens (tertiary/aromatic N) is 2. The Kier molecular flexibility index (Phi) is 4.23. The van der Waals surface area contributed by atoms with Crippen molar-refractivity contribution in [2.24, 2.45) is 0 Å². The molecule has 0 amide bonds. The smallest absolute Gasteiger partial charge is 0.325 e. The fraction of sp³-hybridized carbons (Fsp3) is 0.333. The molecule has 0 bridgehead atoms. The van der Waals surface area contributed by atoms with Crippen molar-refractivity contribution in [3.63, 3.8) is 0 Å². The van der Waals surface area contributed by atoms with E-state index in [0.29, 0.717) is 26.9 Å². The minimum atomic E-state index is -0.385. The van der Waals surface area contributed by atoms with Gasteiger partial charge in [0, 0.05) is 0 Å². The third-order valence-corrected chi connectivity index (χ3v) is 3.61. The lowest BCUT2D eigenvalue weighted by Gasteiger charge is -2.09. The number of aromatic nitrogens is 2. The number of methoxy groups -OCH3 is 1. The van der Waals surface area contributed by atoms with Crippen molar-refractivity contribution in [3.8, 4) is 0 Å². The van der Waals surface area contributed by atoms with Crippen LogP contribution < -0.4 is 0 Å². The van der Waals surface area contributed by atoms with Gasteiger partial charge in [-0.15, -0.1) is 11.6 Å². The zero-order chi connectivity index (χ0) is 14.2. The molecule has 19 heavy (non-hydrogen) atoms. The van der Waals surface area contributed by atoms with E-state index < -0.39 is 0 Å². The van der Waals surface area contributed by atoms with Crippen LogP contribution in [0.25, 0.3) is 11.0 Å². The number of fused-ring (bicyclic) bond motifs is 1. The largest absolute Gasteiger partial charge is 0.468 e. The summed E-state index contributed by atoms with van der Waals surface area (Å²) in [4.78, 5) is 15.9. The van der Waals surface area contributed by atoms with Crippen molar-refractivity contribution >= 4 is 51.8 Å². The molecular formula is C12H11Cl3N2O2. The molecule has 2 aromatic rings. The molecular weight excluding hydrogens is 311 g/mol. The van der Waals surface area contributed by atoms with Crippen LogP contribution in [0.5, 0.6) is 0 Å². The molecule has 1 heterocycles. The van der Waals surface area contributed by atoms with Crippen molar-refractivity contribution < 1.29 is 9.53 Å². The summed E-state index contributed by atoms with van der Waals surface area (Å²) in [6.45, 7) is 1.80. The number of carbonyl (C=O) groups is 1. The maximum absolute atomic E-state index is 11.5. The number of hydrogen-bond acceptors (Lipinski definition) is 3. The van der Waals surface area contributed by atoms with E-state index in [9.17, 15) is 4.79 Å². The van der Waals surface area contributed by atoms with Gasteiger partial charge >= 0.3 is 5.97 Å². The van der Waals surface area contributed by atoms with Crippen molar-refractivity contribution in [3.05, 3.63) is 28.0 Å². The molecule has 1 unspecified atom stereocenters. The number of carbonyl (C=O) groups excluding carboxylic acids is 1. The molecule has 0 aliphatic heterocycles. The number of esters is 1. The van der Waals surface area contributed by atoms with Crippen LogP contribution in [0.1, 0.15) is 18.1 Å². The number of hydrogen-bond donors (Lipinski definition) is 0. The predicted molar refractivity (Wildman–Crippen MR) is 76.0 cm³/mol. The molecule has 0 radical (unpaired) electrons. The third-order valence-electron chi connectivity index (χ3n) is 2.69. The van der Waals surface area contributed by atoms with E-state index in [1.54, 1.807) is 23.6 Å². The molecule has 0 aliphatic carbocycles. The van der Waals surface area contributed by atoms with E-state index in [1.807, 2.05) is 0 Å². The molecule has 2 rings (SSSR count). The summed E-state index contributed by atoms with van der Waals surface area (Å²) in [5, 5.41) is 0.453. The Bertz CT molecular complexity index is 637. The van der Waals surface area contributed by atoms with Crippen LogP contribution >= 0.6 is 34.8 Å². The number of benzene rings is 1. The van der Waals surface area contributed by atoms with Crippen LogP contribution in [-0.2, 0) is 16.1 Å². The van der Waals surface area contributed by atoms with Crippen LogP contribution in [-0.4, -0.2) is 22.6 Å². The Morgan fingerprint density at radius 1 is 1.42 bits per heavy atom. The van der Waals surface area contributed by atoms with Crippen LogP contribution in [0.2, 0.25) is 10.0 Å². The topological polar surface area (TPSA) is 44.1 Å². The van der Waals surface area contributed by atoms with Crippen LogP contribution in [0.15, 0.2) is 12.1 Å². The molecule has 0 saturated heterocycles. The van der Waals surface area contributed by atoms with Gasteiger partial charge in [0.2, 0.25) is 0 Å². The summed E-state index contributed by atoms with van der Waals surface area (Å²) < 4.78 is 6.35. The third kappa shape index (κ3) is 2.81.